The van der Waals surface area contributed by atoms with Gasteiger partial charge in [0, 0.05) is 6.54 Å². The lowest BCUT2D eigenvalue weighted by atomic mass is 10.0. The minimum atomic E-state index is -0.824. The maximum absolute atomic E-state index is 12.4. The third kappa shape index (κ3) is 7.58. The summed E-state index contributed by atoms with van der Waals surface area (Å²) in [4.78, 5) is 36.7. The highest BCUT2D eigenvalue weighted by atomic mass is 16.5. The molecule has 2 N–H and O–H groups in total. The molecular weight excluding hydrogens is 384 g/mol. The van der Waals surface area contributed by atoms with E-state index in [9.17, 15) is 14.4 Å². The second kappa shape index (κ2) is 11.6. The molecule has 0 aromatic heterocycles. The molecule has 0 radical (unpaired) electrons. The van der Waals surface area contributed by atoms with Crippen molar-refractivity contribution in [1.82, 2.24) is 10.6 Å². The number of carbonyl (C=O) groups is 3. The van der Waals surface area contributed by atoms with Crippen molar-refractivity contribution in [2.45, 2.75) is 32.9 Å². The fourth-order valence-corrected chi connectivity index (χ4v) is 2.73. The number of amides is 2. The van der Waals surface area contributed by atoms with Crippen LogP contribution in [-0.4, -0.2) is 37.5 Å². The zero-order valence-corrected chi connectivity index (χ0v) is 17.5. The van der Waals surface area contributed by atoms with Gasteiger partial charge in [-0.25, -0.2) is 4.79 Å². The Labute approximate surface area is 176 Å². The Morgan fingerprint density at radius 2 is 1.57 bits per heavy atom. The number of hydrogen-bond acceptors (Lipinski definition) is 5. The lowest BCUT2D eigenvalue weighted by molar-refractivity contribution is -0.152. The Morgan fingerprint density at radius 1 is 0.900 bits per heavy atom. The Balaban J connectivity index is 1.79. The van der Waals surface area contributed by atoms with E-state index in [1.165, 1.54) is 0 Å². The average molecular weight is 412 g/mol. The molecule has 2 rings (SSSR count). The van der Waals surface area contributed by atoms with Crippen molar-refractivity contribution in [3.63, 3.8) is 0 Å². The van der Waals surface area contributed by atoms with Crippen LogP contribution in [0.3, 0.4) is 0 Å². The molecule has 0 fully saturated rings. The van der Waals surface area contributed by atoms with Crippen molar-refractivity contribution < 1.29 is 23.9 Å². The molecule has 0 saturated carbocycles. The van der Waals surface area contributed by atoms with Crippen molar-refractivity contribution >= 4 is 17.8 Å². The van der Waals surface area contributed by atoms with E-state index >= 15 is 0 Å². The molecule has 0 spiro atoms. The maximum Gasteiger partial charge on any atom is 0.329 e. The van der Waals surface area contributed by atoms with Gasteiger partial charge in [-0.2, -0.15) is 0 Å². The van der Waals surface area contributed by atoms with Gasteiger partial charge < -0.3 is 20.1 Å². The summed E-state index contributed by atoms with van der Waals surface area (Å²) in [5.74, 6) is -0.781. The first-order chi connectivity index (χ1) is 14.4. The Bertz CT molecular complexity index is 834. The van der Waals surface area contributed by atoms with Gasteiger partial charge in [-0.05, 0) is 29.2 Å². The van der Waals surface area contributed by atoms with E-state index in [0.717, 1.165) is 16.9 Å². The summed E-state index contributed by atoms with van der Waals surface area (Å²) in [6.07, 6.45) is 0.166. The highest BCUT2D eigenvalue weighted by Crippen LogP contribution is 2.11. The first-order valence-corrected chi connectivity index (χ1v) is 9.78. The van der Waals surface area contributed by atoms with Crippen LogP contribution in [0.5, 0.6) is 5.75 Å². The van der Waals surface area contributed by atoms with E-state index < -0.39 is 24.5 Å². The lowest BCUT2D eigenvalue weighted by Crippen LogP contribution is -2.46. The predicted molar refractivity (Wildman–Crippen MR) is 113 cm³/mol. The molecule has 0 saturated heterocycles. The summed E-state index contributed by atoms with van der Waals surface area (Å²) in [6.45, 7) is 3.51. The first kappa shape index (κ1) is 22.9. The standard InChI is InChI=1S/C23H28N2O5/c1-16(2)22(25-20(26)13-17-7-5-4-6-8-17)23(28)30-15-21(27)24-14-18-9-11-19(29-3)12-10-18/h4-12,16,22H,13-15H2,1-3H3,(H,24,27)(H,25,26)/t22-/m0/s1. The van der Waals surface area contributed by atoms with Crippen LogP contribution in [0.4, 0.5) is 0 Å². The molecule has 2 aromatic carbocycles. The second-order valence-electron chi connectivity index (χ2n) is 7.18. The van der Waals surface area contributed by atoms with Crippen LogP contribution in [0.15, 0.2) is 54.6 Å². The van der Waals surface area contributed by atoms with E-state index in [4.69, 9.17) is 9.47 Å². The molecule has 0 aliphatic heterocycles. The molecule has 0 aliphatic carbocycles. The largest absolute Gasteiger partial charge is 0.497 e. The van der Waals surface area contributed by atoms with Gasteiger partial charge in [0.25, 0.3) is 5.91 Å². The van der Waals surface area contributed by atoms with Gasteiger partial charge in [-0.15, -0.1) is 0 Å². The normalized spacial score (nSPS) is 11.5. The summed E-state index contributed by atoms with van der Waals surface area (Å²) < 4.78 is 10.2. The molecule has 0 heterocycles. The van der Waals surface area contributed by atoms with Crippen LogP contribution in [0.25, 0.3) is 0 Å². The SMILES string of the molecule is COc1ccc(CNC(=O)COC(=O)[C@@H](NC(=O)Cc2ccccc2)C(C)C)cc1. The first-order valence-electron chi connectivity index (χ1n) is 9.78. The van der Waals surface area contributed by atoms with Crippen LogP contribution in [0.1, 0.15) is 25.0 Å². The third-order valence-electron chi connectivity index (χ3n) is 4.44. The van der Waals surface area contributed by atoms with Gasteiger partial charge >= 0.3 is 5.97 Å². The topological polar surface area (TPSA) is 93.7 Å². The number of hydrogen-bond donors (Lipinski definition) is 2. The zero-order valence-electron chi connectivity index (χ0n) is 17.5. The molecule has 160 valence electrons. The smallest absolute Gasteiger partial charge is 0.329 e. The summed E-state index contributed by atoms with van der Waals surface area (Å²) in [5.41, 5.74) is 1.74. The number of benzene rings is 2. The molecule has 0 aliphatic rings. The van der Waals surface area contributed by atoms with Gasteiger partial charge in [-0.1, -0.05) is 56.3 Å². The van der Waals surface area contributed by atoms with Crippen molar-refractivity contribution in [3.05, 3.63) is 65.7 Å². The van der Waals surface area contributed by atoms with Gasteiger partial charge in [0.1, 0.15) is 11.8 Å². The highest BCUT2D eigenvalue weighted by Gasteiger charge is 2.26. The molecule has 30 heavy (non-hydrogen) atoms. The maximum atomic E-state index is 12.4. The minimum Gasteiger partial charge on any atom is -0.497 e. The fraction of sp³-hybridized carbons (Fsp3) is 0.348. The van der Waals surface area contributed by atoms with E-state index in [0.29, 0.717) is 6.54 Å². The molecule has 7 heteroatoms. The number of ether oxygens (including phenoxy) is 2. The predicted octanol–water partition coefficient (Wildman–Crippen LogP) is 2.24. The van der Waals surface area contributed by atoms with Crippen LogP contribution in [0, 0.1) is 5.92 Å². The van der Waals surface area contributed by atoms with E-state index in [-0.39, 0.29) is 18.2 Å². The van der Waals surface area contributed by atoms with Gasteiger partial charge in [-0.3, -0.25) is 9.59 Å². The Hall–Kier alpha value is -3.35. The Kier molecular flexibility index (Phi) is 8.87. The summed E-state index contributed by atoms with van der Waals surface area (Å²) in [7, 11) is 1.58. The fourth-order valence-electron chi connectivity index (χ4n) is 2.73. The van der Waals surface area contributed by atoms with Crippen molar-refractivity contribution in [3.8, 4) is 5.75 Å². The average Bonchev–Trinajstić information content (AvgIpc) is 2.75. The van der Waals surface area contributed by atoms with Crippen molar-refractivity contribution in [2.24, 2.45) is 5.92 Å². The summed E-state index contributed by atoms with van der Waals surface area (Å²) in [5, 5.41) is 5.39. The third-order valence-corrected chi connectivity index (χ3v) is 4.44. The van der Waals surface area contributed by atoms with E-state index in [1.54, 1.807) is 33.1 Å². The number of nitrogens with one attached hydrogen (secondary N) is 2. The summed E-state index contributed by atoms with van der Waals surface area (Å²) >= 11 is 0. The summed E-state index contributed by atoms with van der Waals surface area (Å²) in [6, 6.07) is 15.7. The molecule has 0 bridgehead atoms. The molecule has 2 aromatic rings. The van der Waals surface area contributed by atoms with E-state index in [2.05, 4.69) is 10.6 Å². The number of carbonyl (C=O) groups excluding carboxylic acids is 3. The molecule has 2 amide bonds. The molecule has 7 nitrogen and oxygen atoms in total. The van der Waals surface area contributed by atoms with Gasteiger partial charge in [0.2, 0.25) is 5.91 Å². The molecule has 1 atom stereocenters. The zero-order chi connectivity index (χ0) is 21.9. The van der Waals surface area contributed by atoms with Gasteiger partial charge in [0.15, 0.2) is 6.61 Å². The lowest BCUT2D eigenvalue weighted by Gasteiger charge is -2.20. The van der Waals surface area contributed by atoms with Crippen molar-refractivity contribution in [2.75, 3.05) is 13.7 Å². The van der Waals surface area contributed by atoms with Gasteiger partial charge in [0.05, 0.1) is 13.5 Å². The second-order valence-corrected chi connectivity index (χ2v) is 7.18. The Morgan fingerprint density at radius 3 is 2.17 bits per heavy atom. The number of methoxy groups -OCH3 is 1. The van der Waals surface area contributed by atoms with Crippen LogP contribution in [0.2, 0.25) is 0 Å². The number of esters is 1. The van der Waals surface area contributed by atoms with E-state index in [1.807, 2.05) is 42.5 Å². The number of rotatable bonds is 10. The minimum absolute atomic E-state index is 0.166. The van der Waals surface area contributed by atoms with Crippen LogP contribution in [-0.2, 0) is 32.1 Å². The van der Waals surface area contributed by atoms with Crippen LogP contribution < -0.4 is 15.4 Å². The van der Waals surface area contributed by atoms with Crippen molar-refractivity contribution in [1.29, 1.82) is 0 Å². The quantitative estimate of drug-likeness (QED) is 0.584. The monoisotopic (exact) mass is 412 g/mol. The highest BCUT2D eigenvalue weighted by molar-refractivity contribution is 5.87. The van der Waals surface area contributed by atoms with Crippen LogP contribution >= 0.6 is 0 Å². The molecular formula is C23H28N2O5. The molecule has 0 unspecified atom stereocenters.